The van der Waals surface area contributed by atoms with Gasteiger partial charge in [-0.3, -0.25) is 14.4 Å². The minimum Gasteiger partial charge on any atom is -0.483 e. The van der Waals surface area contributed by atoms with Crippen LogP contribution in [0.1, 0.15) is 32.6 Å². The monoisotopic (exact) mass is 270 g/mol. The molecule has 0 aromatic rings. The van der Waals surface area contributed by atoms with Gasteiger partial charge in [0.2, 0.25) is 11.8 Å². The molecule has 1 aliphatic rings. The summed E-state index contributed by atoms with van der Waals surface area (Å²) in [6.07, 6.45) is 7.06. The van der Waals surface area contributed by atoms with Gasteiger partial charge < -0.3 is 15.3 Å². The highest BCUT2D eigenvalue weighted by atomic mass is 16.3. The summed E-state index contributed by atoms with van der Waals surface area (Å²) in [6.45, 7) is 3.55. The molecule has 0 atom stereocenters. The Kier molecular flexibility index (Phi) is 10.2. The van der Waals surface area contributed by atoms with Crippen molar-refractivity contribution >= 4 is 18.3 Å². The van der Waals surface area contributed by atoms with Crippen molar-refractivity contribution in [3.8, 4) is 0 Å². The summed E-state index contributed by atoms with van der Waals surface area (Å²) in [4.78, 5) is 33.0. The molecule has 6 nitrogen and oxygen atoms in total. The first kappa shape index (κ1) is 17.2. The van der Waals surface area contributed by atoms with E-state index in [-0.39, 0.29) is 18.3 Å². The largest absolute Gasteiger partial charge is 0.483 e. The van der Waals surface area contributed by atoms with E-state index in [2.05, 4.69) is 5.32 Å². The number of likely N-dealkylation sites (tertiary alicyclic amines) is 1. The molecule has 2 amide bonds. The zero-order valence-electron chi connectivity index (χ0n) is 11.3. The van der Waals surface area contributed by atoms with Crippen molar-refractivity contribution in [2.45, 2.75) is 32.6 Å². The predicted molar refractivity (Wildman–Crippen MR) is 71.6 cm³/mol. The molecule has 1 rings (SSSR count). The number of carboxylic acid groups (broad SMARTS) is 1. The predicted octanol–water partition coefficient (Wildman–Crippen LogP) is 0.782. The number of carbonyl (C=O) groups is 3. The Morgan fingerprint density at radius 1 is 1.42 bits per heavy atom. The first-order valence-electron chi connectivity index (χ1n) is 6.41. The van der Waals surface area contributed by atoms with Gasteiger partial charge in [-0.25, -0.2) is 0 Å². The Hall–Kier alpha value is -1.85. The molecular formula is C13H22N2O4. The molecule has 0 saturated carbocycles. The molecule has 0 unspecified atom stereocenters. The topological polar surface area (TPSA) is 86.7 Å². The lowest BCUT2D eigenvalue weighted by molar-refractivity contribution is -0.131. The maximum Gasteiger partial charge on any atom is 0.290 e. The van der Waals surface area contributed by atoms with E-state index < -0.39 is 0 Å². The summed E-state index contributed by atoms with van der Waals surface area (Å²) in [5, 5.41) is 9.64. The van der Waals surface area contributed by atoms with Crippen LogP contribution < -0.4 is 5.32 Å². The first-order chi connectivity index (χ1) is 9.15. The van der Waals surface area contributed by atoms with E-state index in [1.54, 1.807) is 13.0 Å². The molecular weight excluding hydrogens is 248 g/mol. The van der Waals surface area contributed by atoms with E-state index in [9.17, 15) is 9.59 Å². The summed E-state index contributed by atoms with van der Waals surface area (Å²) in [5.41, 5.74) is 0. The molecule has 1 heterocycles. The molecule has 0 aliphatic carbocycles. The molecule has 1 fully saturated rings. The van der Waals surface area contributed by atoms with Gasteiger partial charge in [-0.1, -0.05) is 12.5 Å². The molecule has 1 saturated heterocycles. The van der Waals surface area contributed by atoms with Gasteiger partial charge in [0.05, 0.1) is 0 Å². The van der Waals surface area contributed by atoms with Gasteiger partial charge in [-0.2, -0.15) is 0 Å². The van der Waals surface area contributed by atoms with Crippen molar-refractivity contribution in [2.75, 3.05) is 19.6 Å². The highest BCUT2D eigenvalue weighted by Gasteiger charge is 2.15. The Labute approximate surface area is 113 Å². The quantitative estimate of drug-likeness (QED) is 0.584. The highest BCUT2D eigenvalue weighted by molar-refractivity contribution is 5.87. The fourth-order valence-corrected chi connectivity index (χ4v) is 1.80. The van der Waals surface area contributed by atoms with Crippen LogP contribution in [0.2, 0.25) is 0 Å². The number of nitrogens with one attached hydrogen (secondary N) is 1. The standard InChI is InChI=1S/C12H20N2O2.CH2O2/c1-2-6-11(15)13-8-10-14-9-5-3-4-7-12(14)16;2-1-3/h2,6H,3-5,7-10H2,1H3,(H,13,15);1H,(H,2,3)/b6-2-;. The normalized spacial score (nSPS) is 15.4. The number of carbonyl (C=O) groups excluding carboxylic acids is 2. The molecule has 1 aliphatic heterocycles. The summed E-state index contributed by atoms with van der Waals surface area (Å²) in [5.74, 6) is 0.127. The van der Waals surface area contributed by atoms with Gasteiger partial charge in [0.1, 0.15) is 0 Å². The van der Waals surface area contributed by atoms with E-state index >= 15 is 0 Å². The van der Waals surface area contributed by atoms with Crippen molar-refractivity contribution in [1.82, 2.24) is 10.2 Å². The molecule has 0 radical (unpaired) electrons. The summed E-state index contributed by atoms with van der Waals surface area (Å²) in [7, 11) is 0. The van der Waals surface area contributed by atoms with Gasteiger partial charge >= 0.3 is 0 Å². The van der Waals surface area contributed by atoms with Crippen molar-refractivity contribution in [2.24, 2.45) is 0 Å². The number of rotatable bonds is 4. The van der Waals surface area contributed by atoms with Crippen LogP contribution in [0, 0.1) is 0 Å². The molecule has 0 spiro atoms. The van der Waals surface area contributed by atoms with E-state index in [0.29, 0.717) is 19.5 Å². The molecule has 0 aromatic carbocycles. The Balaban J connectivity index is 0.000000982. The van der Waals surface area contributed by atoms with Gasteiger partial charge in [-0.15, -0.1) is 0 Å². The zero-order valence-corrected chi connectivity index (χ0v) is 11.3. The third kappa shape index (κ3) is 8.82. The fourth-order valence-electron chi connectivity index (χ4n) is 1.80. The molecule has 0 aromatic heterocycles. The lowest BCUT2D eigenvalue weighted by Crippen LogP contribution is -2.37. The maximum atomic E-state index is 11.6. The number of hydrogen-bond acceptors (Lipinski definition) is 3. The summed E-state index contributed by atoms with van der Waals surface area (Å²) < 4.78 is 0. The second-order valence-corrected chi connectivity index (χ2v) is 4.09. The van der Waals surface area contributed by atoms with Crippen molar-refractivity contribution in [3.63, 3.8) is 0 Å². The number of amides is 2. The molecule has 0 bridgehead atoms. The van der Waals surface area contributed by atoms with E-state index in [1.807, 2.05) is 4.90 Å². The van der Waals surface area contributed by atoms with Crippen LogP contribution in [-0.2, 0) is 14.4 Å². The molecule has 19 heavy (non-hydrogen) atoms. The SMILES string of the molecule is C/C=C\C(=O)NCCN1CCCCCC1=O.O=CO. The Morgan fingerprint density at radius 3 is 2.74 bits per heavy atom. The average molecular weight is 270 g/mol. The number of allylic oxidation sites excluding steroid dienone is 1. The van der Waals surface area contributed by atoms with Gasteiger partial charge in [0.15, 0.2) is 0 Å². The van der Waals surface area contributed by atoms with E-state index in [1.165, 1.54) is 6.08 Å². The summed E-state index contributed by atoms with van der Waals surface area (Å²) >= 11 is 0. The first-order valence-corrected chi connectivity index (χ1v) is 6.41. The van der Waals surface area contributed by atoms with E-state index in [4.69, 9.17) is 9.90 Å². The van der Waals surface area contributed by atoms with Crippen molar-refractivity contribution in [3.05, 3.63) is 12.2 Å². The van der Waals surface area contributed by atoms with Crippen LogP contribution in [-0.4, -0.2) is 47.9 Å². The minimum atomic E-state index is -0.250. The van der Waals surface area contributed by atoms with Gasteiger partial charge in [0, 0.05) is 26.1 Å². The Morgan fingerprint density at radius 2 is 2.11 bits per heavy atom. The lowest BCUT2D eigenvalue weighted by Gasteiger charge is -2.20. The summed E-state index contributed by atoms with van der Waals surface area (Å²) in [6, 6.07) is 0. The van der Waals surface area contributed by atoms with Crippen LogP contribution >= 0.6 is 0 Å². The van der Waals surface area contributed by atoms with E-state index in [0.717, 1.165) is 25.8 Å². The molecule has 108 valence electrons. The van der Waals surface area contributed by atoms with Crippen molar-refractivity contribution < 1.29 is 19.5 Å². The van der Waals surface area contributed by atoms with Crippen LogP contribution in [0.15, 0.2) is 12.2 Å². The highest BCUT2D eigenvalue weighted by Crippen LogP contribution is 2.10. The fraction of sp³-hybridized carbons (Fsp3) is 0.615. The van der Waals surface area contributed by atoms with Crippen LogP contribution in [0.3, 0.4) is 0 Å². The van der Waals surface area contributed by atoms with Crippen LogP contribution in [0.25, 0.3) is 0 Å². The second kappa shape index (κ2) is 11.3. The third-order valence-corrected chi connectivity index (χ3v) is 2.67. The zero-order chi connectivity index (χ0) is 14.5. The lowest BCUT2D eigenvalue weighted by atomic mass is 10.2. The van der Waals surface area contributed by atoms with Gasteiger partial charge in [0.25, 0.3) is 6.47 Å². The van der Waals surface area contributed by atoms with Gasteiger partial charge in [-0.05, 0) is 25.8 Å². The van der Waals surface area contributed by atoms with Crippen molar-refractivity contribution in [1.29, 1.82) is 0 Å². The smallest absolute Gasteiger partial charge is 0.290 e. The minimum absolute atomic E-state index is 0.0928. The molecule has 2 N–H and O–H groups in total. The number of nitrogens with zero attached hydrogens (tertiary/aromatic N) is 1. The number of hydrogen-bond donors (Lipinski definition) is 2. The third-order valence-electron chi connectivity index (χ3n) is 2.67. The second-order valence-electron chi connectivity index (χ2n) is 4.09. The average Bonchev–Trinajstić information content (AvgIpc) is 2.56. The molecule has 6 heteroatoms. The van der Waals surface area contributed by atoms with Crippen LogP contribution in [0.5, 0.6) is 0 Å². The van der Waals surface area contributed by atoms with Crippen LogP contribution in [0.4, 0.5) is 0 Å². The Bertz CT molecular complexity index is 316. The maximum absolute atomic E-state index is 11.6.